The normalized spacial score (nSPS) is 27.6. The molecule has 0 aromatic carbocycles. The molecule has 1 saturated carbocycles. The van der Waals surface area contributed by atoms with Crippen LogP contribution in [0.1, 0.15) is 46.0 Å². The fourth-order valence-electron chi connectivity index (χ4n) is 2.97. The maximum atomic E-state index is 8.99. The summed E-state index contributed by atoms with van der Waals surface area (Å²) < 4.78 is 0. The van der Waals surface area contributed by atoms with Gasteiger partial charge in [0.15, 0.2) is 0 Å². The summed E-state index contributed by atoms with van der Waals surface area (Å²) in [5.41, 5.74) is 0. The molecule has 0 bridgehead atoms. The Kier molecular flexibility index (Phi) is 5.62. The molecule has 0 saturated heterocycles. The van der Waals surface area contributed by atoms with Gasteiger partial charge in [-0.15, -0.1) is 0 Å². The van der Waals surface area contributed by atoms with Gasteiger partial charge in [0.25, 0.3) is 0 Å². The molecule has 1 N–H and O–H groups in total. The Balaban J connectivity index is 2.48. The second kappa shape index (κ2) is 6.49. The zero-order valence-electron chi connectivity index (χ0n) is 10.6. The number of aliphatic hydroxyl groups excluding tert-OH is 1. The van der Waals surface area contributed by atoms with Crippen LogP contribution in [0.2, 0.25) is 0 Å². The largest absolute Gasteiger partial charge is 0.395 e. The van der Waals surface area contributed by atoms with Crippen LogP contribution in [0, 0.1) is 11.8 Å². The lowest BCUT2D eigenvalue weighted by atomic mass is 9.79. The van der Waals surface area contributed by atoms with Crippen LogP contribution in [0.5, 0.6) is 0 Å². The van der Waals surface area contributed by atoms with Crippen molar-refractivity contribution in [3.05, 3.63) is 0 Å². The van der Waals surface area contributed by atoms with Gasteiger partial charge < -0.3 is 10.0 Å². The summed E-state index contributed by atoms with van der Waals surface area (Å²) in [6.45, 7) is 5.76. The molecular weight excluding hydrogens is 186 g/mol. The molecule has 1 rings (SSSR count). The molecule has 1 fully saturated rings. The third kappa shape index (κ3) is 4.12. The first-order chi connectivity index (χ1) is 7.15. The standard InChI is InChI=1S/C13H27NO/c1-11(2)10-12-6-4-5-7-13(12)14(3)8-9-15/h11-13,15H,4-10H2,1-3H3. The van der Waals surface area contributed by atoms with Gasteiger partial charge in [-0.2, -0.15) is 0 Å². The van der Waals surface area contributed by atoms with E-state index in [9.17, 15) is 0 Å². The summed E-state index contributed by atoms with van der Waals surface area (Å²) in [6.07, 6.45) is 6.84. The number of likely N-dealkylation sites (N-methyl/N-ethyl adjacent to an activating group) is 1. The highest BCUT2D eigenvalue weighted by atomic mass is 16.3. The first-order valence-corrected chi connectivity index (χ1v) is 6.46. The predicted octanol–water partition coefficient (Wildman–Crippen LogP) is 2.52. The molecule has 0 aliphatic heterocycles. The van der Waals surface area contributed by atoms with E-state index in [1.54, 1.807) is 0 Å². The minimum absolute atomic E-state index is 0.293. The quantitative estimate of drug-likeness (QED) is 0.758. The molecule has 2 heteroatoms. The van der Waals surface area contributed by atoms with E-state index in [2.05, 4.69) is 25.8 Å². The van der Waals surface area contributed by atoms with E-state index >= 15 is 0 Å². The molecule has 0 aromatic heterocycles. The van der Waals surface area contributed by atoms with Crippen molar-refractivity contribution in [1.82, 2.24) is 4.90 Å². The molecule has 15 heavy (non-hydrogen) atoms. The van der Waals surface area contributed by atoms with Crippen LogP contribution in [-0.2, 0) is 0 Å². The summed E-state index contributed by atoms with van der Waals surface area (Å²) in [4.78, 5) is 2.37. The Morgan fingerprint density at radius 3 is 2.53 bits per heavy atom. The Bertz CT molecular complexity index is 170. The highest BCUT2D eigenvalue weighted by Gasteiger charge is 2.28. The third-order valence-electron chi connectivity index (χ3n) is 3.66. The zero-order chi connectivity index (χ0) is 11.3. The minimum Gasteiger partial charge on any atom is -0.395 e. The van der Waals surface area contributed by atoms with Crippen molar-refractivity contribution in [1.29, 1.82) is 0 Å². The molecule has 0 amide bonds. The second-order valence-corrected chi connectivity index (χ2v) is 5.45. The molecular formula is C13H27NO. The number of nitrogens with zero attached hydrogens (tertiary/aromatic N) is 1. The molecule has 2 atom stereocenters. The summed E-state index contributed by atoms with van der Waals surface area (Å²) in [5.74, 6) is 1.66. The van der Waals surface area contributed by atoms with Gasteiger partial charge in [-0.25, -0.2) is 0 Å². The van der Waals surface area contributed by atoms with Gasteiger partial charge in [0, 0.05) is 12.6 Å². The number of hydrogen-bond acceptors (Lipinski definition) is 2. The van der Waals surface area contributed by atoms with E-state index in [0.717, 1.165) is 18.4 Å². The maximum absolute atomic E-state index is 8.99. The molecule has 0 radical (unpaired) electrons. The van der Waals surface area contributed by atoms with Crippen molar-refractivity contribution < 1.29 is 5.11 Å². The van der Waals surface area contributed by atoms with Crippen molar-refractivity contribution in [3.63, 3.8) is 0 Å². The molecule has 2 nitrogen and oxygen atoms in total. The Labute approximate surface area is 94.7 Å². The van der Waals surface area contributed by atoms with Crippen LogP contribution in [0.3, 0.4) is 0 Å². The minimum atomic E-state index is 0.293. The summed E-state index contributed by atoms with van der Waals surface area (Å²) in [7, 11) is 2.17. The molecule has 2 unspecified atom stereocenters. The smallest absolute Gasteiger partial charge is 0.0558 e. The molecule has 1 aliphatic rings. The van der Waals surface area contributed by atoms with E-state index in [1.165, 1.54) is 32.1 Å². The number of aliphatic hydroxyl groups is 1. The van der Waals surface area contributed by atoms with E-state index in [1.807, 2.05) is 0 Å². The maximum Gasteiger partial charge on any atom is 0.0558 e. The Hall–Kier alpha value is -0.0800. The van der Waals surface area contributed by atoms with Crippen molar-refractivity contribution in [2.45, 2.75) is 52.0 Å². The van der Waals surface area contributed by atoms with Crippen LogP contribution in [0.15, 0.2) is 0 Å². The molecule has 0 heterocycles. The molecule has 1 aliphatic carbocycles. The molecule has 90 valence electrons. The zero-order valence-corrected chi connectivity index (χ0v) is 10.6. The fraction of sp³-hybridized carbons (Fsp3) is 1.00. The SMILES string of the molecule is CC(C)CC1CCCCC1N(C)CCO. The van der Waals surface area contributed by atoms with Gasteiger partial charge >= 0.3 is 0 Å². The average molecular weight is 213 g/mol. The highest BCUT2D eigenvalue weighted by molar-refractivity contribution is 4.82. The topological polar surface area (TPSA) is 23.5 Å². The number of hydrogen-bond donors (Lipinski definition) is 1. The van der Waals surface area contributed by atoms with Gasteiger partial charge in [-0.1, -0.05) is 26.7 Å². The van der Waals surface area contributed by atoms with Crippen molar-refractivity contribution in [2.24, 2.45) is 11.8 Å². The van der Waals surface area contributed by atoms with Gasteiger partial charge in [0.05, 0.1) is 6.61 Å². The summed E-state index contributed by atoms with van der Waals surface area (Å²) >= 11 is 0. The van der Waals surface area contributed by atoms with Gasteiger partial charge in [-0.05, 0) is 38.1 Å². The molecule has 0 aromatic rings. The predicted molar refractivity (Wildman–Crippen MR) is 64.9 cm³/mol. The monoisotopic (exact) mass is 213 g/mol. The first kappa shape index (κ1) is 13.0. The van der Waals surface area contributed by atoms with E-state index in [4.69, 9.17) is 5.11 Å². The van der Waals surface area contributed by atoms with Crippen LogP contribution in [0.4, 0.5) is 0 Å². The van der Waals surface area contributed by atoms with Gasteiger partial charge in [-0.3, -0.25) is 0 Å². The van der Waals surface area contributed by atoms with Crippen molar-refractivity contribution in [3.8, 4) is 0 Å². The summed E-state index contributed by atoms with van der Waals surface area (Å²) in [5, 5.41) is 8.99. The first-order valence-electron chi connectivity index (χ1n) is 6.46. The molecule has 0 spiro atoms. The fourth-order valence-corrected chi connectivity index (χ4v) is 2.97. The van der Waals surface area contributed by atoms with Crippen molar-refractivity contribution in [2.75, 3.05) is 20.2 Å². The van der Waals surface area contributed by atoms with Gasteiger partial charge in [0.1, 0.15) is 0 Å². The van der Waals surface area contributed by atoms with Crippen LogP contribution in [0.25, 0.3) is 0 Å². The van der Waals surface area contributed by atoms with Gasteiger partial charge in [0.2, 0.25) is 0 Å². The lowest BCUT2D eigenvalue weighted by molar-refractivity contribution is 0.0965. The van der Waals surface area contributed by atoms with E-state index < -0.39 is 0 Å². The Morgan fingerprint density at radius 1 is 1.27 bits per heavy atom. The van der Waals surface area contributed by atoms with E-state index in [-0.39, 0.29) is 0 Å². The lowest BCUT2D eigenvalue weighted by Gasteiger charge is -2.38. The third-order valence-corrected chi connectivity index (χ3v) is 3.66. The van der Waals surface area contributed by atoms with Crippen LogP contribution >= 0.6 is 0 Å². The number of rotatable bonds is 5. The lowest BCUT2D eigenvalue weighted by Crippen LogP contribution is -2.41. The van der Waals surface area contributed by atoms with Crippen LogP contribution in [-0.4, -0.2) is 36.2 Å². The van der Waals surface area contributed by atoms with Crippen molar-refractivity contribution >= 4 is 0 Å². The Morgan fingerprint density at radius 2 is 1.93 bits per heavy atom. The average Bonchev–Trinajstić information content (AvgIpc) is 2.18. The summed E-state index contributed by atoms with van der Waals surface area (Å²) in [6, 6.07) is 0.716. The van der Waals surface area contributed by atoms with Crippen LogP contribution < -0.4 is 0 Å². The van der Waals surface area contributed by atoms with E-state index in [0.29, 0.717) is 12.6 Å². The highest BCUT2D eigenvalue weighted by Crippen LogP contribution is 2.32. The second-order valence-electron chi connectivity index (χ2n) is 5.45.